The summed E-state index contributed by atoms with van der Waals surface area (Å²) in [5, 5.41) is 2.11. The first-order valence-electron chi connectivity index (χ1n) is 4.60. The lowest BCUT2D eigenvalue weighted by molar-refractivity contribution is 0.292. The molecular formula is C10H16N2S2. The molecule has 0 bridgehead atoms. The number of thiophene rings is 1. The van der Waals surface area contributed by atoms with Crippen molar-refractivity contribution in [3.05, 3.63) is 22.4 Å². The molecule has 1 unspecified atom stereocenters. The Morgan fingerprint density at radius 2 is 2.43 bits per heavy atom. The molecule has 1 aromatic rings. The summed E-state index contributed by atoms with van der Waals surface area (Å²) in [5.74, 6) is 0. The second-order valence-corrected chi connectivity index (χ2v) is 5.07. The SMILES string of the molecule is CC(Cc1cccs1)N(C)CC(N)=S. The Labute approximate surface area is 94.7 Å². The average Bonchev–Trinajstić information content (AvgIpc) is 2.55. The fraction of sp³-hybridized carbons (Fsp3) is 0.500. The summed E-state index contributed by atoms with van der Waals surface area (Å²) < 4.78 is 0. The van der Waals surface area contributed by atoms with Crippen LogP contribution in [0, 0.1) is 0 Å². The molecule has 2 N–H and O–H groups in total. The summed E-state index contributed by atoms with van der Waals surface area (Å²) in [5.41, 5.74) is 5.50. The van der Waals surface area contributed by atoms with Crippen LogP contribution in [0.1, 0.15) is 11.8 Å². The van der Waals surface area contributed by atoms with Gasteiger partial charge in [-0.15, -0.1) is 11.3 Å². The number of nitrogens with two attached hydrogens (primary N) is 1. The van der Waals surface area contributed by atoms with Crippen molar-refractivity contribution in [2.24, 2.45) is 5.73 Å². The summed E-state index contributed by atoms with van der Waals surface area (Å²) in [6.45, 7) is 2.89. The van der Waals surface area contributed by atoms with Gasteiger partial charge in [0.25, 0.3) is 0 Å². The molecule has 0 saturated carbocycles. The molecule has 1 rings (SSSR count). The van der Waals surface area contributed by atoms with Gasteiger partial charge in [-0.2, -0.15) is 0 Å². The lowest BCUT2D eigenvalue weighted by Crippen LogP contribution is -2.37. The van der Waals surface area contributed by atoms with Gasteiger partial charge < -0.3 is 5.73 Å². The van der Waals surface area contributed by atoms with Crippen LogP contribution >= 0.6 is 23.6 Å². The lowest BCUT2D eigenvalue weighted by Gasteiger charge is -2.23. The molecule has 0 aliphatic carbocycles. The van der Waals surface area contributed by atoms with Crippen molar-refractivity contribution >= 4 is 28.5 Å². The van der Waals surface area contributed by atoms with Gasteiger partial charge >= 0.3 is 0 Å². The second kappa shape index (κ2) is 5.44. The van der Waals surface area contributed by atoms with Crippen molar-refractivity contribution in [3.63, 3.8) is 0 Å². The average molecular weight is 228 g/mol. The number of hydrogen-bond acceptors (Lipinski definition) is 3. The molecule has 1 atom stereocenters. The Morgan fingerprint density at radius 1 is 1.71 bits per heavy atom. The van der Waals surface area contributed by atoms with Crippen LogP contribution in [0.4, 0.5) is 0 Å². The topological polar surface area (TPSA) is 29.3 Å². The molecule has 0 fully saturated rings. The summed E-state index contributed by atoms with van der Waals surface area (Å²) in [6, 6.07) is 4.73. The van der Waals surface area contributed by atoms with Crippen LogP contribution in [-0.2, 0) is 6.42 Å². The molecule has 1 aromatic heterocycles. The Morgan fingerprint density at radius 3 is 2.93 bits per heavy atom. The van der Waals surface area contributed by atoms with E-state index in [1.165, 1.54) is 4.88 Å². The van der Waals surface area contributed by atoms with E-state index in [4.69, 9.17) is 18.0 Å². The Hall–Kier alpha value is -0.450. The highest BCUT2D eigenvalue weighted by atomic mass is 32.1. The van der Waals surface area contributed by atoms with Crippen molar-refractivity contribution in [1.82, 2.24) is 4.90 Å². The smallest absolute Gasteiger partial charge is 0.0870 e. The second-order valence-electron chi connectivity index (χ2n) is 3.51. The number of thiocarbonyl (C=S) groups is 1. The van der Waals surface area contributed by atoms with Gasteiger partial charge in [-0.05, 0) is 31.8 Å². The molecule has 0 radical (unpaired) electrons. The summed E-state index contributed by atoms with van der Waals surface area (Å²) in [4.78, 5) is 4.15. The molecule has 14 heavy (non-hydrogen) atoms. The number of nitrogens with zero attached hydrogens (tertiary/aromatic N) is 1. The van der Waals surface area contributed by atoms with E-state index in [9.17, 15) is 0 Å². The van der Waals surface area contributed by atoms with Gasteiger partial charge in [0, 0.05) is 17.5 Å². The van der Waals surface area contributed by atoms with Crippen molar-refractivity contribution < 1.29 is 0 Å². The van der Waals surface area contributed by atoms with Crippen LogP contribution in [-0.4, -0.2) is 29.5 Å². The summed E-state index contributed by atoms with van der Waals surface area (Å²) in [7, 11) is 2.05. The highest BCUT2D eigenvalue weighted by molar-refractivity contribution is 7.80. The van der Waals surface area contributed by atoms with E-state index >= 15 is 0 Å². The van der Waals surface area contributed by atoms with Crippen LogP contribution in [0.5, 0.6) is 0 Å². The van der Waals surface area contributed by atoms with Gasteiger partial charge in [0.15, 0.2) is 0 Å². The molecule has 0 amide bonds. The highest BCUT2D eigenvalue weighted by Gasteiger charge is 2.10. The van der Waals surface area contributed by atoms with Crippen LogP contribution in [0.2, 0.25) is 0 Å². The van der Waals surface area contributed by atoms with Gasteiger partial charge in [-0.3, -0.25) is 4.90 Å². The van der Waals surface area contributed by atoms with E-state index in [2.05, 4.69) is 36.4 Å². The fourth-order valence-electron chi connectivity index (χ4n) is 1.28. The van der Waals surface area contributed by atoms with E-state index in [-0.39, 0.29) is 0 Å². The van der Waals surface area contributed by atoms with E-state index in [1.54, 1.807) is 11.3 Å². The Bertz CT molecular complexity index is 282. The standard InChI is InChI=1S/C10H16N2S2/c1-8(12(2)7-10(11)13)6-9-4-3-5-14-9/h3-5,8H,6-7H2,1-2H3,(H2,11,13). The minimum atomic E-state index is 0.482. The van der Waals surface area contributed by atoms with Gasteiger partial charge in [0.2, 0.25) is 0 Å². The van der Waals surface area contributed by atoms with Gasteiger partial charge in [0.05, 0.1) is 4.99 Å². The quantitative estimate of drug-likeness (QED) is 0.781. The zero-order chi connectivity index (χ0) is 10.6. The predicted octanol–water partition coefficient (Wildman–Crippen LogP) is 1.90. The van der Waals surface area contributed by atoms with E-state index < -0.39 is 0 Å². The molecule has 0 aromatic carbocycles. The molecule has 2 nitrogen and oxygen atoms in total. The minimum Gasteiger partial charge on any atom is -0.392 e. The first kappa shape index (κ1) is 11.6. The number of hydrogen-bond donors (Lipinski definition) is 1. The fourth-order valence-corrected chi connectivity index (χ4v) is 2.31. The maximum atomic E-state index is 5.50. The van der Waals surface area contributed by atoms with Crippen LogP contribution in [0.25, 0.3) is 0 Å². The largest absolute Gasteiger partial charge is 0.392 e. The maximum Gasteiger partial charge on any atom is 0.0870 e. The molecule has 1 heterocycles. The van der Waals surface area contributed by atoms with Crippen molar-refractivity contribution in [2.45, 2.75) is 19.4 Å². The zero-order valence-electron chi connectivity index (χ0n) is 8.56. The van der Waals surface area contributed by atoms with E-state index in [0.29, 0.717) is 17.6 Å². The zero-order valence-corrected chi connectivity index (χ0v) is 10.2. The van der Waals surface area contributed by atoms with Crippen molar-refractivity contribution in [2.75, 3.05) is 13.6 Å². The molecule has 0 spiro atoms. The molecule has 4 heteroatoms. The molecule has 78 valence electrons. The number of likely N-dealkylation sites (N-methyl/N-ethyl adjacent to an activating group) is 1. The third-order valence-electron chi connectivity index (χ3n) is 2.23. The van der Waals surface area contributed by atoms with Crippen LogP contribution < -0.4 is 5.73 Å². The first-order chi connectivity index (χ1) is 6.59. The molecular weight excluding hydrogens is 212 g/mol. The van der Waals surface area contributed by atoms with E-state index in [1.807, 2.05) is 0 Å². The predicted molar refractivity (Wildman–Crippen MR) is 66.9 cm³/mol. The third kappa shape index (κ3) is 3.74. The number of rotatable bonds is 5. The Balaban J connectivity index is 2.41. The van der Waals surface area contributed by atoms with Gasteiger partial charge in [-0.1, -0.05) is 18.3 Å². The normalized spacial score (nSPS) is 13.1. The summed E-state index contributed by atoms with van der Waals surface area (Å²) >= 11 is 6.67. The molecule has 0 aliphatic heterocycles. The lowest BCUT2D eigenvalue weighted by atomic mass is 10.2. The Kier molecular flexibility index (Phi) is 4.51. The van der Waals surface area contributed by atoms with Crippen molar-refractivity contribution in [1.29, 1.82) is 0 Å². The molecule has 0 aliphatic rings. The third-order valence-corrected chi connectivity index (χ3v) is 3.26. The summed E-state index contributed by atoms with van der Waals surface area (Å²) in [6.07, 6.45) is 1.07. The van der Waals surface area contributed by atoms with E-state index in [0.717, 1.165) is 6.42 Å². The van der Waals surface area contributed by atoms with Crippen molar-refractivity contribution in [3.8, 4) is 0 Å². The van der Waals surface area contributed by atoms with Gasteiger partial charge in [0.1, 0.15) is 0 Å². The van der Waals surface area contributed by atoms with Crippen LogP contribution in [0.15, 0.2) is 17.5 Å². The van der Waals surface area contributed by atoms with Gasteiger partial charge in [-0.25, -0.2) is 0 Å². The highest BCUT2D eigenvalue weighted by Crippen LogP contribution is 2.13. The molecule has 0 saturated heterocycles. The maximum absolute atomic E-state index is 5.50. The first-order valence-corrected chi connectivity index (χ1v) is 5.89. The van der Waals surface area contributed by atoms with Crippen LogP contribution in [0.3, 0.4) is 0 Å². The monoisotopic (exact) mass is 228 g/mol. The minimum absolute atomic E-state index is 0.482.